The van der Waals surface area contributed by atoms with Gasteiger partial charge in [0.2, 0.25) is 0 Å². The van der Waals surface area contributed by atoms with Crippen LogP contribution >= 0.6 is 0 Å². The van der Waals surface area contributed by atoms with Crippen LogP contribution in [-0.2, 0) is 9.53 Å². The monoisotopic (exact) mass is 484 g/mol. The van der Waals surface area contributed by atoms with Gasteiger partial charge in [-0.25, -0.2) is 0 Å². The molecule has 0 saturated heterocycles. The van der Waals surface area contributed by atoms with E-state index in [9.17, 15) is 15.0 Å². The number of carbonyl (C=O) groups excluding carboxylic acids is 1. The van der Waals surface area contributed by atoms with E-state index >= 15 is 0 Å². The highest BCUT2D eigenvalue weighted by Crippen LogP contribution is 2.29. The molecule has 34 heavy (non-hydrogen) atoms. The quantitative estimate of drug-likeness (QED) is 0.112. The van der Waals surface area contributed by atoms with Gasteiger partial charge in [-0.2, -0.15) is 0 Å². The van der Waals surface area contributed by atoms with E-state index in [1.54, 1.807) is 0 Å². The second kappa shape index (κ2) is 20.6. The Balaban J connectivity index is 4.42. The summed E-state index contributed by atoms with van der Waals surface area (Å²) in [5, 5.41) is 21.8. The standard InChI is InChI=1S/C30H60O4/c1-6-8-10-12-14-16-18-20-23-30(33,24-21-19-17-15-13-11-9-7-2)25-22-27(31)26-28(32)34-29(3,4)5/h27,31,33H,6-26H2,1-5H3/t27-/m0/s1. The maximum Gasteiger partial charge on any atom is 0.308 e. The molecule has 0 aliphatic rings. The fourth-order valence-electron chi connectivity index (χ4n) is 4.66. The smallest absolute Gasteiger partial charge is 0.308 e. The van der Waals surface area contributed by atoms with Crippen LogP contribution in [0.3, 0.4) is 0 Å². The van der Waals surface area contributed by atoms with Crippen LogP contribution in [-0.4, -0.2) is 33.5 Å². The van der Waals surface area contributed by atoms with Gasteiger partial charge in [0.25, 0.3) is 0 Å². The van der Waals surface area contributed by atoms with Crippen molar-refractivity contribution in [3.8, 4) is 0 Å². The van der Waals surface area contributed by atoms with Crippen molar-refractivity contribution >= 4 is 5.97 Å². The first-order valence-electron chi connectivity index (χ1n) is 14.7. The number of hydrogen-bond donors (Lipinski definition) is 2. The summed E-state index contributed by atoms with van der Waals surface area (Å²) in [6.45, 7) is 10.0. The van der Waals surface area contributed by atoms with Crippen molar-refractivity contribution in [1.29, 1.82) is 0 Å². The summed E-state index contributed by atoms with van der Waals surface area (Å²) in [4.78, 5) is 12.0. The normalized spacial score (nSPS) is 13.3. The van der Waals surface area contributed by atoms with Crippen LogP contribution in [0.5, 0.6) is 0 Å². The van der Waals surface area contributed by atoms with Crippen molar-refractivity contribution in [1.82, 2.24) is 0 Å². The Morgan fingerprint density at radius 2 is 1.06 bits per heavy atom. The van der Waals surface area contributed by atoms with Crippen LogP contribution in [0.15, 0.2) is 0 Å². The van der Waals surface area contributed by atoms with E-state index in [4.69, 9.17) is 4.74 Å². The zero-order valence-corrected chi connectivity index (χ0v) is 23.6. The van der Waals surface area contributed by atoms with Gasteiger partial charge in [0, 0.05) is 0 Å². The number of esters is 1. The summed E-state index contributed by atoms with van der Waals surface area (Å²) in [5.74, 6) is -0.366. The maximum atomic E-state index is 12.0. The Morgan fingerprint density at radius 3 is 1.44 bits per heavy atom. The molecule has 0 rings (SSSR count). The first-order valence-corrected chi connectivity index (χ1v) is 14.7. The number of aliphatic hydroxyl groups excluding tert-OH is 1. The lowest BCUT2D eigenvalue weighted by atomic mass is 9.84. The summed E-state index contributed by atoms with van der Waals surface area (Å²) in [5.41, 5.74) is -1.26. The van der Waals surface area contributed by atoms with Crippen LogP contribution in [0.25, 0.3) is 0 Å². The average Bonchev–Trinajstić information content (AvgIpc) is 2.75. The summed E-state index contributed by atoms with van der Waals surface area (Å²) in [7, 11) is 0. The van der Waals surface area contributed by atoms with Crippen molar-refractivity contribution < 1.29 is 19.7 Å². The molecule has 0 unspecified atom stereocenters. The SMILES string of the molecule is CCCCCCCCCCC(O)(CCCCCCCCCC)CC[C@H](O)CC(=O)OC(C)(C)C. The number of unbranched alkanes of at least 4 members (excludes halogenated alkanes) is 14. The van der Waals surface area contributed by atoms with Crippen molar-refractivity contribution in [3.05, 3.63) is 0 Å². The fourth-order valence-corrected chi connectivity index (χ4v) is 4.66. The van der Waals surface area contributed by atoms with Crippen LogP contribution in [0.2, 0.25) is 0 Å². The molecule has 0 aromatic rings. The third-order valence-electron chi connectivity index (χ3n) is 6.76. The topological polar surface area (TPSA) is 66.8 Å². The van der Waals surface area contributed by atoms with Gasteiger partial charge in [-0.15, -0.1) is 0 Å². The molecule has 0 bridgehead atoms. The summed E-state index contributed by atoms with van der Waals surface area (Å²) in [6, 6.07) is 0. The van der Waals surface area contributed by atoms with Crippen LogP contribution in [0, 0.1) is 0 Å². The van der Waals surface area contributed by atoms with Gasteiger partial charge in [-0.1, -0.05) is 117 Å². The van der Waals surface area contributed by atoms with Gasteiger partial charge in [0.05, 0.1) is 18.1 Å². The highest BCUT2D eigenvalue weighted by atomic mass is 16.6. The predicted molar refractivity (Wildman–Crippen MR) is 145 cm³/mol. The minimum atomic E-state index is -0.751. The third kappa shape index (κ3) is 21.9. The lowest BCUT2D eigenvalue weighted by Crippen LogP contribution is -2.31. The molecule has 0 aromatic heterocycles. The molecule has 0 aromatic carbocycles. The van der Waals surface area contributed by atoms with Crippen molar-refractivity contribution in [2.75, 3.05) is 0 Å². The summed E-state index contributed by atoms with van der Waals surface area (Å²) in [6.07, 6.45) is 22.0. The molecule has 204 valence electrons. The number of ether oxygens (including phenoxy) is 1. The molecule has 4 nitrogen and oxygen atoms in total. The largest absolute Gasteiger partial charge is 0.460 e. The summed E-state index contributed by atoms with van der Waals surface area (Å²) < 4.78 is 5.33. The number of carbonyl (C=O) groups is 1. The minimum absolute atomic E-state index is 0.00285. The van der Waals surface area contributed by atoms with E-state index in [0.717, 1.165) is 25.7 Å². The highest BCUT2D eigenvalue weighted by molar-refractivity contribution is 5.70. The maximum absolute atomic E-state index is 12.0. The van der Waals surface area contributed by atoms with Gasteiger partial charge < -0.3 is 14.9 Å². The van der Waals surface area contributed by atoms with Gasteiger partial charge in [0.1, 0.15) is 5.60 Å². The Bertz CT molecular complexity index is 449. The molecule has 0 heterocycles. The van der Waals surface area contributed by atoms with Gasteiger partial charge in [-0.05, 0) is 46.5 Å². The molecule has 2 N–H and O–H groups in total. The number of hydrogen-bond acceptors (Lipinski definition) is 4. The van der Waals surface area contributed by atoms with E-state index in [1.165, 1.54) is 89.9 Å². The summed E-state index contributed by atoms with van der Waals surface area (Å²) >= 11 is 0. The fraction of sp³-hybridized carbons (Fsp3) is 0.967. The first-order chi connectivity index (χ1) is 16.1. The molecule has 0 fully saturated rings. The Labute approximate surface area is 212 Å². The predicted octanol–water partition coefficient (Wildman–Crippen LogP) is 8.65. The lowest BCUT2D eigenvalue weighted by molar-refractivity contribution is -0.157. The van der Waals surface area contributed by atoms with E-state index in [0.29, 0.717) is 12.8 Å². The second-order valence-corrected chi connectivity index (χ2v) is 11.7. The molecule has 0 saturated carbocycles. The molecule has 0 spiro atoms. The molecular formula is C30H60O4. The number of rotatable bonds is 23. The van der Waals surface area contributed by atoms with Crippen molar-refractivity contribution in [2.45, 2.75) is 187 Å². The zero-order valence-electron chi connectivity index (χ0n) is 23.6. The van der Waals surface area contributed by atoms with E-state index in [2.05, 4.69) is 13.8 Å². The van der Waals surface area contributed by atoms with Crippen molar-refractivity contribution in [3.63, 3.8) is 0 Å². The van der Waals surface area contributed by atoms with Crippen LogP contribution in [0.1, 0.15) is 169 Å². The van der Waals surface area contributed by atoms with Gasteiger partial charge in [-0.3, -0.25) is 4.79 Å². The molecule has 0 amide bonds. The molecule has 0 aliphatic heterocycles. The second-order valence-electron chi connectivity index (χ2n) is 11.7. The van der Waals surface area contributed by atoms with Gasteiger partial charge in [0.15, 0.2) is 0 Å². The number of aliphatic hydroxyl groups is 2. The van der Waals surface area contributed by atoms with Crippen molar-refractivity contribution in [2.24, 2.45) is 0 Å². The Kier molecular flexibility index (Phi) is 20.2. The van der Waals surface area contributed by atoms with Gasteiger partial charge >= 0.3 is 5.97 Å². The average molecular weight is 485 g/mol. The molecule has 4 heteroatoms. The van der Waals surface area contributed by atoms with E-state index in [1.807, 2.05) is 20.8 Å². The lowest BCUT2D eigenvalue weighted by Gasteiger charge is -2.30. The van der Waals surface area contributed by atoms with Crippen LogP contribution in [0.4, 0.5) is 0 Å². The third-order valence-corrected chi connectivity index (χ3v) is 6.76. The molecule has 0 radical (unpaired) electrons. The Morgan fingerprint density at radius 1 is 0.676 bits per heavy atom. The molecule has 1 atom stereocenters. The molecular weight excluding hydrogens is 424 g/mol. The van der Waals surface area contributed by atoms with Crippen LogP contribution < -0.4 is 0 Å². The molecule has 0 aliphatic carbocycles. The van der Waals surface area contributed by atoms with E-state index < -0.39 is 17.3 Å². The minimum Gasteiger partial charge on any atom is -0.460 e. The Hall–Kier alpha value is -0.610. The zero-order chi connectivity index (χ0) is 25.7. The first kappa shape index (κ1) is 33.4. The van der Waals surface area contributed by atoms with E-state index in [-0.39, 0.29) is 12.4 Å². The highest BCUT2D eigenvalue weighted by Gasteiger charge is 2.28.